The van der Waals surface area contributed by atoms with E-state index in [2.05, 4.69) is 0 Å². The smallest absolute Gasteiger partial charge is 0.313 e. The molecular weight excluding hydrogens is 327 g/mol. The molecular formula is C18H19O3PS. The Balaban J connectivity index is 2.31. The highest BCUT2D eigenvalue weighted by Gasteiger charge is 2.26. The molecule has 0 aliphatic carbocycles. The number of ether oxygens (including phenoxy) is 1. The molecule has 0 unspecified atom stereocenters. The molecule has 0 heterocycles. The van der Waals surface area contributed by atoms with Gasteiger partial charge < -0.3 is 4.74 Å². The minimum atomic E-state index is -2.28. The van der Waals surface area contributed by atoms with Gasteiger partial charge in [-0.05, 0) is 17.5 Å². The maximum atomic E-state index is 12.4. The Labute approximate surface area is 141 Å². The van der Waals surface area contributed by atoms with Gasteiger partial charge >= 0.3 is 5.97 Å². The van der Waals surface area contributed by atoms with E-state index in [4.69, 9.17) is 16.5 Å². The summed E-state index contributed by atoms with van der Waals surface area (Å²) in [5.41, 5.74) is 0. The second-order valence-electron chi connectivity index (χ2n) is 5.09. The molecule has 0 atom stereocenters. The van der Waals surface area contributed by atoms with E-state index in [1.165, 1.54) is 0 Å². The van der Waals surface area contributed by atoms with Crippen molar-refractivity contribution in [2.45, 2.75) is 13.3 Å². The number of ketones is 1. The molecule has 2 aromatic carbocycles. The monoisotopic (exact) mass is 346 g/mol. The largest absolute Gasteiger partial charge is 0.466 e. The van der Waals surface area contributed by atoms with Crippen LogP contribution in [0.2, 0.25) is 0 Å². The molecule has 0 aromatic heterocycles. The van der Waals surface area contributed by atoms with Crippen molar-refractivity contribution in [1.82, 2.24) is 0 Å². The molecule has 23 heavy (non-hydrogen) atoms. The van der Waals surface area contributed by atoms with E-state index in [9.17, 15) is 9.59 Å². The van der Waals surface area contributed by atoms with Crippen LogP contribution in [0.4, 0.5) is 0 Å². The van der Waals surface area contributed by atoms with Crippen molar-refractivity contribution in [3.05, 3.63) is 60.7 Å². The first-order valence-corrected chi connectivity index (χ1v) is 10.4. The fourth-order valence-corrected chi connectivity index (χ4v) is 6.09. The average molecular weight is 346 g/mol. The zero-order chi connectivity index (χ0) is 16.7. The summed E-state index contributed by atoms with van der Waals surface area (Å²) in [6, 6.07) is 17.1. The standard InChI is InChI=1S/C18H19O3PS/c1-2-21-18(20)13-15(19)14-22(23,16-9-5-3-6-10-16)17-11-7-4-8-12-17/h3-12H,2,13-14H2,1H3. The Bertz CT molecular complexity index is 670. The van der Waals surface area contributed by atoms with Gasteiger partial charge in [-0.1, -0.05) is 72.5 Å². The molecule has 0 fully saturated rings. The van der Waals surface area contributed by atoms with E-state index in [1.807, 2.05) is 60.7 Å². The van der Waals surface area contributed by atoms with Crippen LogP contribution in [0.1, 0.15) is 13.3 Å². The van der Waals surface area contributed by atoms with Crippen LogP contribution in [-0.2, 0) is 26.1 Å². The Hall–Kier alpha value is -1.77. The third-order valence-electron chi connectivity index (χ3n) is 3.39. The lowest BCUT2D eigenvalue weighted by Crippen LogP contribution is -2.24. The summed E-state index contributed by atoms with van der Waals surface area (Å²) in [6.45, 7) is 2.00. The van der Waals surface area contributed by atoms with Crippen LogP contribution in [-0.4, -0.2) is 24.5 Å². The Kier molecular flexibility index (Phi) is 6.26. The SMILES string of the molecule is CCOC(=O)CC(=O)CP(=S)(c1ccccc1)c1ccccc1. The van der Waals surface area contributed by atoms with Crippen molar-refractivity contribution in [3.63, 3.8) is 0 Å². The van der Waals surface area contributed by atoms with E-state index in [0.717, 1.165) is 10.6 Å². The van der Waals surface area contributed by atoms with Crippen molar-refractivity contribution < 1.29 is 14.3 Å². The van der Waals surface area contributed by atoms with Crippen LogP contribution in [0.3, 0.4) is 0 Å². The minimum Gasteiger partial charge on any atom is -0.466 e. The predicted octanol–water partition coefficient (Wildman–Crippen LogP) is 2.64. The Morgan fingerprint density at radius 3 is 1.87 bits per heavy atom. The molecule has 2 rings (SSSR count). The van der Waals surface area contributed by atoms with Gasteiger partial charge in [-0.25, -0.2) is 0 Å². The number of carbonyl (C=O) groups is 2. The normalized spacial score (nSPS) is 11.0. The Morgan fingerprint density at radius 2 is 1.43 bits per heavy atom. The summed E-state index contributed by atoms with van der Waals surface area (Å²) < 4.78 is 4.86. The van der Waals surface area contributed by atoms with Gasteiger partial charge in [-0.2, -0.15) is 0 Å². The number of Topliss-reactive ketones (excluding diaryl/α,β-unsaturated/α-hetero) is 1. The fraction of sp³-hybridized carbons (Fsp3) is 0.222. The summed E-state index contributed by atoms with van der Waals surface area (Å²) in [6.07, 6.45) is -0.0267. The number of hydrogen-bond acceptors (Lipinski definition) is 4. The van der Waals surface area contributed by atoms with Gasteiger partial charge in [0.1, 0.15) is 12.2 Å². The molecule has 0 spiro atoms. The van der Waals surface area contributed by atoms with Crippen molar-refractivity contribution in [3.8, 4) is 0 Å². The number of hydrogen-bond donors (Lipinski definition) is 0. The molecule has 0 saturated carbocycles. The maximum Gasteiger partial charge on any atom is 0.313 e. The van der Waals surface area contributed by atoms with Gasteiger partial charge in [0.05, 0.1) is 6.61 Å². The number of carbonyl (C=O) groups excluding carboxylic acids is 2. The molecule has 0 aliphatic heterocycles. The van der Waals surface area contributed by atoms with Gasteiger partial charge in [-0.3, -0.25) is 9.59 Å². The van der Waals surface area contributed by atoms with Crippen LogP contribution in [0.5, 0.6) is 0 Å². The van der Waals surface area contributed by atoms with Crippen molar-refractivity contribution in [2.75, 3.05) is 12.8 Å². The number of esters is 1. The quantitative estimate of drug-likeness (QED) is 0.439. The molecule has 0 amide bonds. The number of rotatable bonds is 7. The van der Waals surface area contributed by atoms with Gasteiger partial charge in [0.2, 0.25) is 0 Å². The second kappa shape index (κ2) is 8.19. The summed E-state index contributed by atoms with van der Waals surface area (Å²) in [7, 11) is 0. The lowest BCUT2D eigenvalue weighted by molar-refractivity contribution is -0.145. The molecule has 0 N–H and O–H groups in total. The van der Waals surface area contributed by atoms with Crippen LogP contribution < -0.4 is 10.6 Å². The van der Waals surface area contributed by atoms with E-state index in [-0.39, 0.29) is 25.0 Å². The molecule has 0 aliphatic rings. The first-order valence-electron chi connectivity index (χ1n) is 7.44. The third kappa shape index (κ3) is 4.60. The lowest BCUT2D eigenvalue weighted by Gasteiger charge is -2.22. The third-order valence-corrected chi connectivity index (χ3v) is 8.11. The van der Waals surface area contributed by atoms with Crippen molar-refractivity contribution >= 4 is 40.2 Å². The zero-order valence-corrected chi connectivity index (χ0v) is 14.7. The molecule has 0 saturated heterocycles. The summed E-state index contributed by atoms with van der Waals surface area (Å²) in [5.74, 6) is -0.653. The Morgan fingerprint density at radius 1 is 0.957 bits per heavy atom. The van der Waals surface area contributed by atoms with Crippen LogP contribution in [0.15, 0.2) is 60.7 Å². The lowest BCUT2D eigenvalue weighted by atomic mass is 10.3. The highest BCUT2D eigenvalue weighted by Crippen LogP contribution is 2.43. The fourth-order valence-electron chi connectivity index (χ4n) is 2.35. The zero-order valence-electron chi connectivity index (χ0n) is 13.0. The van der Waals surface area contributed by atoms with Crippen LogP contribution >= 0.6 is 6.04 Å². The van der Waals surface area contributed by atoms with Gasteiger partial charge in [-0.15, -0.1) is 0 Å². The maximum absolute atomic E-state index is 12.4. The summed E-state index contributed by atoms with van der Waals surface area (Å²) >= 11 is 5.97. The van der Waals surface area contributed by atoms with E-state index >= 15 is 0 Å². The van der Waals surface area contributed by atoms with Crippen LogP contribution in [0, 0.1) is 0 Å². The molecule has 0 radical (unpaired) electrons. The van der Waals surface area contributed by atoms with E-state index in [1.54, 1.807) is 6.92 Å². The summed E-state index contributed by atoms with van der Waals surface area (Å²) in [4.78, 5) is 23.9. The highest BCUT2D eigenvalue weighted by atomic mass is 32.4. The molecule has 3 nitrogen and oxygen atoms in total. The van der Waals surface area contributed by atoms with Crippen LogP contribution in [0.25, 0.3) is 0 Å². The first-order chi connectivity index (χ1) is 11.1. The molecule has 2 aromatic rings. The first kappa shape index (κ1) is 17.6. The molecule has 120 valence electrons. The summed E-state index contributed by atoms with van der Waals surface area (Å²) in [5, 5.41) is 1.97. The van der Waals surface area contributed by atoms with E-state index in [0.29, 0.717) is 0 Å². The van der Waals surface area contributed by atoms with Gasteiger partial charge in [0.15, 0.2) is 0 Å². The minimum absolute atomic E-state index is 0.167. The number of benzene rings is 2. The van der Waals surface area contributed by atoms with Crippen molar-refractivity contribution in [2.24, 2.45) is 0 Å². The van der Waals surface area contributed by atoms with Crippen molar-refractivity contribution in [1.29, 1.82) is 0 Å². The molecule has 0 bridgehead atoms. The predicted molar refractivity (Wildman–Crippen MR) is 97.6 cm³/mol. The van der Waals surface area contributed by atoms with Gasteiger partial charge in [0, 0.05) is 12.2 Å². The van der Waals surface area contributed by atoms with E-state index < -0.39 is 12.0 Å². The highest BCUT2D eigenvalue weighted by molar-refractivity contribution is 8.22. The topological polar surface area (TPSA) is 43.4 Å². The second-order valence-corrected chi connectivity index (χ2v) is 9.79. The van der Waals surface area contributed by atoms with Gasteiger partial charge in [0.25, 0.3) is 0 Å². The average Bonchev–Trinajstić information content (AvgIpc) is 2.56. The molecule has 5 heteroatoms.